The third-order valence-electron chi connectivity index (χ3n) is 5.63. The first-order chi connectivity index (χ1) is 13.3. The molecule has 0 radical (unpaired) electrons. The molecule has 2 aromatic carbocycles. The van der Waals surface area contributed by atoms with Gasteiger partial charge in [-0.05, 0) is 80.7 Å². The average Bonchev–Trinajstić information content (AvgIpc) is 3.19. The monoisotopic (exact) mass is 401 g/mol. The molecular weight excluding hydrogens is 370 g/mol. The van der Waals surface area contributed by atoms with Crippen molar-refractivity contribution in [2.24, 2.45) is 0 Å². The highest BCUT2D eigenvalue weighted by atomic mass is 32.2. The van der Waals surface area contributed by atoms with Crippen molar-refractivity contribution in [3.8, 4) is 0 Å². The van der Waals surface area contributed by atoms with E-state index in [1.807, 2.05) is 34.0 Å². The summed E-state index contributed by atoms with van der Waals surface area (Å²) < 4.78 is 28.6. The number of sulfonamides is 1. The smallest absolute Gasteiger partial charge is 0.240 e. The normalized spacial score (nSPS) is 16.3. The second-order valence-corrected chi connectivity index (χ2v) is 9.61. The summed E-state index contributed by atoms with van der Waals surface area (Å²) in [5.74, 6) is 0. The lowest BCUT2D eigenvalue weighted by molar-refractivity contribution is 0.246. The lowest BCUT2D eigenvalue weighted by Gasteiger charge is -2.28. The molecule has 1 saturated heterocycles. The maximum atomic E-state index is 12.9. The molecule has 5 nitrogen and oxygen atoms in total. The average molecular weight is 402 g/mol. The van der Waals surface area contributed by atoms with Gasteiger partial charge in [0.15, 0.2) is 0 Å². The van der Waals surface area contributed by atoms with E-state index in [0.717, 1.165) is 48.3 Å². The lowest BCUT2D eigenvalue weighted by Crippen LogP contribution is -2.36. The molecule has 28 heavy (non-hydrogen) atoms. The molecule has 0 saturated carbocycles. The van der Waals surface area contributed by atoms with Crippen molar-refractivity contribution in [1.82, 2.24) is 9.62 Å². The molecule has 1 aliphatic heterocycles. The van der Waals surface area contributed by atoms with Gasteiger partial charge in [-0.3, -0.25) is 4.90 Å². The minimum Gasteiger partial charge on any atom is -0.378 e. The summed E-state index contributed by atoms with van der Waals surface area (Å²) in [6.45, 7) is 6.31. The van der Waals surface area contributed by atoms with E-state index in [4.69, 9.17) is 0 Å². The van der Waals surface area contributed by atoms with Gasteiger partial charge in [-0.15, -0.1) is 0 Å². The molecule has 1 atom stereocenters. The molecular formula is C22H31N3O2S. The largest absolute Gasteiger partial charge is 0.378 e. The molecule has 3 rings (SSSR count). The fourth-order valence-corrected chi connectivity index (χ4v) is 4.78. The molecule has 0 amide bonds. The standard InChI is InChI=1S/C22H31N3O2S/c1-17-7-12-21(15-18(17)2)28(26,27)23-16-22(25-13-5-6-14-25)19-8-10-20(11-9-19)24(3)4/h7-12,15,22-23H,5-6,13-14,16H2,1-4H3/t22-/m0/s1. The summed E-state index contributed by atoms with van der Waals surface area (Å²) in [4.78, 5) is 4.78. The van der Waals surface area contributed by atoms with Gasteiger partial charge in [0.1, 0.15) is 0 Å². The Kier molecular flexibility index (Phi) is 6.43. The summed E-state index contributed by atoms with van der Waals surface area (Å²) in [5, 5.41) is 0. The summed E-state index contributed by atoms with van der Waals surface area (Å²) in [6, 6.07) is 13.7. The maximum absolute atomic E-state index is 12.9. The summed E-state index contributed by atoms with van der Waals surface area (Å²) in [7, 11) is 0.498. The fraction of sp³-hybridized carbons (Fsp3) is 0.455. The highest BCUT2D eigenvalue weighted by molar-refractivity contribution is 7.89. The number of aryl methyl sites for hydroxylation is 2. The van der Waals surface area contributed by atoms with Crippen LogP contribution in [0.15, 0.2) is 47.4 Å². The van der Waals surface area contributed by atoms with E-state index in [1.54, 1.807) is 12.1 Å². The first kappa shape index (κ1) is 20.8. The van der Waals surface area contributed by atoms with Gasteiger partial charge in [-0.2, -0.15) is 0 Å². The summed E-state index contributed by atoms with van der Waals surface area (Å²) in [5.41, 5.74) is 4.36. The highest BCUT2D eigenvalue weighted by Crippen LogP contribution is 2.27. The number of nitrogens with zero attached hydrogens (tertiary/aromatic N) is 2. The Balaban J connectivity index is 1.80. The number of hydrogen-bond donors (Lipinski definition) is 1. The number of likely N-dealkylation sites (tertiary alicyclic amines) is 1. The van der Waals surface area contributed by atoms with Crippen molar-refractivity contribution in [3.63, 3.8) is 0 Å². The Hall–Kier alpha value is -1.89. The number of nitrogens with one attached hydrogen (secondary N) is 1. The zero-order valence-electron chi connectivity index (χ0n) is 17.3. The van der Waals surface area contributed by atoms with Crippen LogP contribution in [0.1, 0.15) is 35.6 Å². The van der Waals surface area contributed by atoms with Crippen LogP contribution in [0.4, 0.5) is 5.69 Å². The van der Waals surface area contributed by atoms with Crippen molar-refractivity contribution >= 4 is 15.7 Å². The van der Waals surface area contributed by atoms with Gasteiger partial charge in [0, 0.05) is 32.4 Å². The van der Waals surface area contributed by atoms with Gasteiger partial charge in [-0.1, -0.05) is 18.2 Å². The number of benzene rings is 2. The summed E-state index contributed by atoms with van der Waals surface area (Å²) >= 11 is 0. The first-order valence-electron chi connectivity index (χ1n) is 9.86. The Labute approximate surface area is 169 Å². The van der Waals surface area contributed by atoms with Crippen molar-refractivity contribution < 1.29 is 8.42 Å². The van der Waals surface area contributed by atoms with Crippen LogP contribution in [-0.2, 0) is 10.0 Å². The van der Waals surface area contributed by atoms with Crippen molar-refractivity contribution in [2.45, 2.75) is 37.6 Å². The molecule has 1 aliphatic rings. The van der Waals surface area contributed by atoms with E-state index in [0.29, 0.717) is 11.4 Å². The molecule has 152 valence electrons. The second kappa shape index (κ2) is 8.64. The predicted octanol–water partition coefficient (Wildman–Crippen LogP) is 3.48. The van der Waals surface area contributed by atoms with E-state index >= 15 is 0 Å². The van der Waals surface area contributed by atoms with E-state index in [9.17, 15) is 8.42 Å². The quantitative estimate of drug-likeness (QED) is 0.772. The molecule has 0 spiro atoms. The van der Waals surface area contributed by atoms with Gasteiger partial charge in [0.25, 0.3) is 0 Å². The molecule has 0 aliphatic carbocycles. The number of rotatable bonds is 7. The maximum Gasteiger partial charge on any atom is 0.240 e. The minimum atomic E-state index is -3.54. The third kappa shape index (κ3) is 4.74. The van der Waals surface area contributed by atoms with Crippen molar-refractivity contribution in [1.29, 1.82) is 0 Å². The van der Waals surface area contributed by atoms with Gasteiger partial charge in [-0.25, -0.2) is 13.1 Å². The van der Waals surface area contributed by atoms with Gasteiger partial charge in [0.2, 0.25) is 10.0 Å². The molecule has 1 heterocycles. The SMILES string of the molecule is Cc1ccc(S(=O)(=O)NC[C@@H](c2ccc(N(C)C)cc2)N2CCCC2)cc1C. The minimum absolute atomic E-state index is 0.0417. The van der Waals surface area contributed by atoms with Gasteiger partial charge >= 0.3 is 0 Å². The van der Waals surface area contributed by atoms with Crippen molar-refractivity contribution in [2.75, 3.05) is 38.6 Å². The fourth-order valence-electron chi connectivity index (χ4n) is 3.66. The molecule has 1 N–H and O–H groups in total. The van der Waals surface area contributed by atoms with Crippen LogP contribution in [0.5, 0.6) is 0 Å². The summed E-state index contributed by atoms with van der Waals surface area (Å²) in [6.07, 6.45) is 2.33. The Morgan fingerprint density at radius 2 is 1.64 bits per heavy atom. The van der Waals surface area contributed by atoms with Crippen molar-refractivity contribution in [3.05, 3.63) is 59.2 Å². The topological polar surface area (TPSA) is 52.7 Å². The van der Waals surface area contributed by atoms with Gasteiger partial charge in [0.05, 0.1) is 4.90 Å². The van der Waals surface area contributed by atoms with E-state index in [-0.39, 0.29) is 6.04 Å². The Bertz CT molecular complexity index is 902. The van der Waals surface area contributed by atoms with Crippen LogP contribution < -0.4 is 9.62 Å². The molecule has 6 heteroatoms. The number of anilines is 1. The molecule has 2 aromatic rings. The third-order valence-corrected chi connectivity index (χ3v) is 7.05. The van der Waals surface area contributed by atoms with Crippen LogP contribution in [0.25, 0.3) is 0 Å². The molecule has 0 aromatic heterocycles. The zero-order valence-corrected chi connectivity index (χ0v) is 18.1. The van der Waals surface area contributed by atoms with Crippen LogP contribution >= 0.6 is 0 Å². The van der Waals surface area contributed by atoms with Crippen LogP contribution in [0, 0.1) is 13.8 Å². The molecule has 0 bridgehead atoms. The Morgan fingerprint density at radius 1 is 1.00 bits per heavy atom. The predicted molar refractivity (Wildman–Crippen MR) is 115 cm³/mol. The van der Waals surface area contributed by atoms with Crippen LogP contribution in [0.2, 0.25) is 0 Å². The van der Waals surface area contributed by atoms with E-state index in [1.165, 1.54) is 0 Å². The zero-order chi connectivity index (χ0) is 20.3. The van der Waals surface area contributed by atoms with Crippen LogP contribution in [-0.4, -0.2) is 47.0 Å². The highest BCUT2D eigenvalue weighted by Gasteiger charge is 2.26. The molecule has 1 fully saturated rings. The lowest BCUT2D eigenvalue weighted by atomic mass is 10.1. The van der Waals surface area contributed by atoms with Gasteiger partial charge < -0.3 is 4.90 Å². The van der Waals surface area contributed by atoms with E-state index in [2.05, 4.69) is 38.8 Å². The van der Waals surface area contributed by atoms with E-state index < -0.39 is 10.0 Å². The second-order valence-electron chi connectivity index (χ2n) is 7.84. The number of hydrogen-bond acceptors (Lipinski definition) is 4. The van der Waals surface area contributed by atoms with Crippen LogP contribution in [0.3, 0.4) is 0 Å². The first-order valence-corrected chi connectivity index (χ1v) is 11.3. The Morgan fingerprint density at radius 3 is 2.21 bits per heavy atom. The molecule has 0 unspecified atom stereocenters.